The van der Waals surface area contributed by atoms with Gasteiger partial charge in [-0.25, -0.2) is 0 Å². The molecule has 0 fully saturated rings. The van der Waals surface area contributed by atoms with E-state index in [2.05, 4.69) is 8.85 Å². The summed E-state index contributed by atoms with van der Waals surface area (Å²) < 4.78 is 8.67. The van der Waals surface area contributed by atoms with Crippen molar-refractivity contribution in [2.24, 2.45) is 5.40 Å². The summed E-state index contributed by atoms with van der Waals surface area (Å²) in [5.41, 5.74) is 0. The highest BCUT2D eigenvalue weighted by Gasteiger charge is 2.27. The van der Waals surface area contributed by atoms with Crippen LogP contribution in [0.15, 0.2) is 0 Å². The van der Waals surface area contributed by atoms with E-state index in [0.717, 1.165) is 0 Å². The average Bonchev–Trinajstić information content (AvgIpc) is 1.68. The fourth-order valence-electron chi connectivity index (χ4n) is 0.0833. The van der Waals surface area contributed by atoms with Crippen molar-refractivity contribution in [1.82, 2.24) is 0 Å². The molecule has 0 aromatic heterocycles. The molecule has 5 heteroatoms. The van der Waals surface area contributed by atoms with Crippen LogP contribution in [0.5, 0.6) is 0 Å². The second-order valence-electron chi connectivity index (χ2n) is 1.04. The van der Waals surface area contributed by atoms with Crippen LogP contribution >= 0.6 is 0 Å². The molecule has 0 aliphatic heterocycles. The minimum absolute atomic E-state index is 1.30. The van der Waals surface area contributed by atoms with Crippen LogP contribution in [0.1, 0.15) is 0 Å². The lowest BCUT2D eigenvalue weighted by molar-refractivity contribution is 0.153. The lowest BCUT2D eigenvalue weighted by atomic mass is 11.8. The fraction of sp³-hybridized carbons (Fsp3) is 1.00. The first kappa shape index (κ1) is 7.06. The highest BCUT2D eigenvalue weighted by molar-refractivity contribution is 6.55. The number of hydrogen-bond acceptors (Lipinski definition) is 4. The molecule has 0 radical (unpaired) electrons. The van der Waals surface area contributed by atoms with Crippen LogP contribution in [0.4, 0.5) is 0 Å². The Bertz CT molecular complexity index is 50.9. The molecule has 0 spiro atoms. The lowest BCUT2D eigenvalue weighted by Gasteiger charge is -2.11. The van der Waals surface area contributed by atoms with Gasteiger partial charge >= 0.3 is 8.97 Å². The molecule has 0 unspecified atom stereocenters. The molecule has 0 aliphatic rings. The maximum absolute atomic E-state index is 8.60. The molecule has 0 rings (SSSR count). The van der Waals surface area contributed by atoms with Crippen LogP contribution in [0.25, 0.3) is 0 Å². The average molecular weight is 123 g/mol. The van der Waals surface area contributed by atoms with Crippen molar-refractivity contribution in [2.75, 3.05) is 14.2 Å². The Hall–Kier alpha value is 0.0569. The molecule has 0 aromatic carbocycles. The molecule has 44 valence electrons. The van der Waals surface area contributed by atoms with E-state index < -0.39 is 8.97 Å². The van der Waals surface area contributed by atoms with Crippen LogP contribution < -0.4 is 5.40 Å². The third-order valence-corrected chi connectivity index (χ3v) is 1.75. The quantitative estimate of drug-likeness (QED) is 0.446. The van der Waals surface area contributed by atoms with Crippen LogP contribution in [0.2, 0.25) is 0 Å². The Kier molecular flexibility index (Phi) is 2.41. The fourth-order valence-corrected chi connectivity index (χ4v) is 0.250. The first-order chi connectivity index (χ1) is 3.12. The summed E-state index contributed by atoms with van der Waals surface area (Å²) in [5, 5.41) is 4.97. The predicted octanol–water partition coefficient (Wildman–Crippen LogP) is -1.33. The van der Waals surface area contributed by atoms with E-state index in [4.69, 9.17) is 10.2 Å². The first-order valence-corrected chi connectivity index (χ1v) is 3.58. The van der Waals surface area contributed by atoms with Gasteiger partial charge in [-0.15, -0.1) is 0 Å². The van der Waals surface area contributed by atoms with Crippen molar-refractivity contribution in [3.8, 4) is 0 Å². The largest absolute Gasteiger partial charge is 0.590 e. The Labute approximate surface area is 43.3 Å². The SMILES string of the molecule is CO[Si](N)(O)OC. The summed E-state index contributed by atoms with van der Waals surface area (Å²) in [6.45, 7) is 0. The Balaban J connectivity index is 3.36. The van der Waals surface area contributed by atoms with Crippen molar-refractivity contribution < 1.29 is 13.6 Å². The van der Waals surface area contributed by atoms with Gasteiger partial charge in [0.15, 0.2) is 0 Å². The van der Waals surface area contributed by atoms with Crippen molar-refractivity contribution >= 4 is 8.97 Å². The highest BCUT2D eigenvalue weighted by atomic mass is 28.4. The molecule has 0 saturated carbocycles. The zero-order valence-corrected chi connectivity index (χ0v) is 5.34. The van der Waals surface area contributed by atoms with Crippen molar-refractivity contribution in [3.63, 3.8) is 0 Å². The molecule has 0 aromatic rings. The molecule has 3 N–H and O–H groups in total. The molecular formula is C2H9NO3Si. The normalized spacial score (nSPS) is 12.0. The van der Waals surface area contributed by atoms with E-state index in [1.54, 1.807) is 0 Å². The van der Waals surface area contributed by atoms with Crippen molar-refractivity contribution in [1.29, 1.82) is 0 Å². The smallest absolute Gasteiger partial charge is 0.377 e. The molecule has 0 bridgehead atoms. The van der Waals surface area contributed by atoms with Gasteiger partial charge in [0.1, 0.15) is 0 Å². The minimum Gasteiger partial charge on any atom is -0.377 e. The third-order valence-electron chi connectivity index (χ3n) is 0.585. The minimum atomic E-state index is -3.15. The van der Waals surface area contributed by atoms with Gasteiger partial charge < -0.3 is 13.6 Å². The molecule has 4 nitrogen and oxygen atoms in total. The maximum atomic E-state index is 8.60. The number of nitrogens with two attached hydrogens (primary N) is 1. The third kappa shape index (κ3) is 2.72. The summed E-state index contributed by atoms with van der Waals surface area (Å²) in [4.78, 5) is 8.60. The van der Waals surface area contributed by atoms with Gasteiger partial charge in [0.05, 0.1) is 0 Å². The Morgan fingerprint density at radius 2 is 1.71 bits per heavy atom. The van der Waals surface area contributed by atoms with E-state index >= 15 is 0 Å². The van der Waals surface area contributed by atoms with Gasteiger partial charge in [-0.1, -0.05) is 0 Å². The van der Waals surface area contributed by atoms with Gasteiger partial charge in [-0.05, 0) is 0 Å². The monoisotopic (exact) mass is 123 g/mol. The summed E-state index contributed by atoms with van der Waals surface area (Å²) >= 11 is 0. The molecule has 0 atom stereocenters. The zero-order valence-electron chi connectivity index (χ0n) is 4.34. The second-order valence-corrected chi connectivity index (χ2v) is 3.12. The van der Waals surface area contributed by atoms with E-state index in [9.17, 15) is 0 Å². The summed E-state index contributed by atoms with van der Waals surface area (Å²) in [5.74, 6) is 0. The molecule has 0 aliphatic carbocycles. The topological polar surface area (TPSA) is 64.7 Å². The van der Waals surface area contributed by atoms with Crippen LogP contribution in [0, 0.1) is 0 Å². The standard InChI is InChI=1S/C2H9NO3Si/c1-5-7(3,4)6-2/h4H,3H2,1-2H3. The molecule has 7 heavy (non-hydrogen) atoms. The number of rotatable bonds is 2. The van der Waals surface area contributed by atoms with Crippen LogP contribution in [-0.2, 0) is 8.85 Å². The van der Waals surface area contributed by atoms with Gasteiger partial charge in [0.25, 0.3) is 0 Å². The predicted molar refractivity (Wildman–Crippen MR) is 26.2 cm³/mol. The summed E-state index contributed by atoms with van der Waals surface area (Å²) in [6, 6.07) is 0. The Morgan fingerprint density at radius 3 is 1.71 bits per heavy atom. The molecule has 0 saturated heterocycles. The second kappa shape index (κ2) is 2.39. The zero-order chi connectivity index (χ0) is 5.91. The summed E-state index contributed by atoms with van der Waals surface area (Å²) in [7, 11) is -0.549. The molecule has 0 amide bonds. The van der Waals surface area contributed by atoms with E-state index in [1.807, 2.05) is 0 Å². The van der Waals surface area contributed by atoms with Gasteiger partial charge in [0, 0.05) is 14.2 Å². The molecular weight excluding hydrogens is 114 g/mol. The summed E-state index contributed by atoms with van der Waals surface area (Å²) in [6.07, 6.45) is 0. The Morgan fingerprint density at radius 1 is 1.43 bits per heavy atom. The maximum Gasteiger partial charge on any atom is 0.590 e. The highest BCUT2D eigenvalue weighted by Crippen LogP contribution is 1.85. The van der Waals surface area contributed by atoms with Gasteiger partial charge in [0.2, 0.25) is 0 Å². The van der Waals surface area contributed by atoms with Crippen molar-refractivity contribution in [2.45, 2.75) is 0 Å². The van der Waals surface area contributed by atoms with Crippen molar-refractivity contribution in [3.05, 3.63) is 0 Å². The van der Waals surface area contributed by atoms with E-state index in [1.165, 1.54) is 14.2 Å². The first-order valence-electron chi connectivity index (χ1n) is 1.74. The van der Waals surface area contributed by atoms with E-state index in [-0.39, 0.29) is 0 Å². The lowest BCUT2D eigenvalue weighted by Crippen LogP contribution is -2.50. The molecule has 0 heterocycles. The van der Waals surface area contributed by atoms with Crippen LogP contribution in [-0.4, -0.2) is 28.0 Å². The van der Waals surface area contributed by atoms with Crippen LogP contribution in [0.3, 0.4) is 0 Å². The van der Waals surface area contributed by atoms with Gasteiger partial charge in [-0.3, -0.25) is 5.40 Å². The number of hydrogen-bond donors (Lipinski definition) is 2. The van der Waals surface area contributed by atoms with Gasteiger partial charge in [-0.2, -0.15) is 0 Å². The van der Waals surface area contributed by atoms with E-state index in [0.29, 0.717) is 0 Å².